The molecule has 32 heavy (non-hydrogen) atoms. The van der Waals surface area contributed by atoms with E-state index in [1.54, 1.807) is 50.6 Å². The summed E-state index contributed by atoms with van der Waals surface area (Å²) in [7, 11) is 1.59. The van der Waals surface area contributed by atoms with E-state index in [1.807, 2.05) is 24.3 Å². The van der Waals surface area contributed by atoms with Crippen molar-refractivity contribution >= 4 is 50.8 Å². The van der Waals surface area contributed by atoms with Crippen LogP contribution in [-0.2, 0) is 6.61 Å². The average molecular weight is 541 g/mol. The molecule has 0 saturated heterocycles. The smallest absolute Gasteiger partial charge is 0.261 e. The van der Waals surface area contributed by atoms with E-state index in [1.165, 1.54) is 0 Å². The average Bonchev–Trinajstić information content (AvgIpc) is 2.81. The third-order valence-electron chi connectivity index (χ3n) is 4.87. The molecule has 0 radical (unpaired) electrons. The van der Waals surface area contributed by atoms with Gasteiger partial charge in [0.15, 0.2) is 5.58 Å². The van der Waals surface area contributed by atoms with Gasteiger partial charge >= 0.3 is 0 Å². The number of nitrogens with zero attached hydrogens (tertiary/aromatic N) is 2. The molecule has 0 aliphatic carbocycles. The molecule has 7 nitrogen and oxygen atoms in total. The molecular formula is C24H20IN3O4. The Morgan fingerprint density at radius 2 is 1.91 bits per heavy atom. The summed E-state index contributed by atoms with van der Waals surface area (Å²) in [6, 6.07) is 16.2. The van der Waals surface area contributed by atoms with Crippen LogP contribution < -0.4 is 15.6 Å². The molecule has 0 atom stereocenters. The first-order valence-electron chi connectivity index (χ1n) is 9.77. The van der Waals surface area contributed by atoms with Gasteiger partial charge in [0.25, 0.3) is 5.91 Å². The van der Waals surface area contributed by atoms with Crippen LogP contribution in [0, 0.1) is 10.5 Å². The second-order valence-electron chi connectivity index (χ2n) is 7.01. The van der Waals surface area contributed by atoms with E-state index >= 15 is 0 Å². The van der Waals surface area contributed by atoms with Crippen LogP contribution in [0.1, 0.15) is 21.6 Å². The lowest BCUT2D eigenvalue weighted by molar-refractivity contribution is 0.102. The summed E-state index contributed by atoms with van der Waals surface area (Å²) >= 11 is 2.20. The maximum Gasteiger partial charge on any atom is 0.261 e. The molecule has 0 aliphatic rings. The summed E-state index contributed by atoms with van der Waals surface area (Å²) in [6.45, 7) is 1.57. The number of carbonyl (C=O) groups is 1. The molecule has 4 rings (SSSR count). The van der Waals surface area contributed by atoms with Gasteiger partial charge in [-0.05, 0) is 84.1 Å². The van der Waals surface area contributed by atoms with Crippen LogP contribution in [0.25, 0.3) is 11.0 Å². The number of rotatable bonds is 5. The lowest BCUT2D eigenvalue weighted by Crippen LogP contribution is -2.22. The minimum Gasteiger partial charge on any atom is -0.497 e. The third-order valence-corrected chi connectivity index (χ3v) is 5.59. The van der Waals surface area contributed by atoms with Crippen LogP contribution in [0.15, 0.2) is 70.2 Å². The Morgan fingerprint density at radius 1 is 1.19 bits per heavy atom. The van der Waals surface area contributed by atoms with Crippen LogP contribution in [0.4, 0.5) is 11.4 Å². The number of aryl methyl sites for hydroxylation is 1. The van der Waals surface area contributed by atoms with E-state index in [0.29, 0.717) is 39.4 Å². The van der Waals surface area contributed by atoms with Gasteiger partial charge in [-0.3, -0.25) is 9.78 Å². The van der Waals surface area contributed by atoms with Gasteiger partial charge in [-0.2, -0.15) is 0 Å². The Hall–Kier alpha value is -3.24. The van der Waals surface area contributed by atoms with Crippen molar-refractivity contribution in [2.24, 2.45) is 4.99 Å². The van der Waals surface area contributed by atoms with E-state index in [4.69, 9.17) is 9.15 Å². The zero-order valence-corrected chi connectivity index (χ0v) is 19.6. The summed E-state index contributed by atoms with van der Waals surface area (Å²) in [6.07, 6.45) is 1.58. The number of amides is 1. The van der Waals surface area contributed by atoms with Gasteiger partial charge < -0.3 is 19.6 Å². The third kappa shape index (κ3) is 4.66. The van der Waals surface area contributed by atoms with Crippen LogP contribution >= 0.6 is 22.6 Å². The molecule has 2 aromatic heterocycles. The van der Waals surface area contributed by atoms with E-state index < -0.39 is 0 Å². The number of hydrogen-bond donors (Lipinski definition) is 2. The second kappa shape index (κ2) is 9.49. The highest BCUT2D eigenvalue weighted by Crippen LogP contribution is 2.23. The number of fused-ring (bicyclic) bond motifs is 1. The number of ether oxygens (including phenoxy) is 1. The van der Waals surface area contributed by atoms with Crippen molar-refractivity contribution in [1.29, 1.82) is 0 Å². The quantitative estimate of drug-likeness (QED) is 0.357. The van der Waals surface area contributed by atoms with Gasteiger partial charge in [-0.25, -0.2) is 4.99 Å². The molecule has 162 valence electrons. The molecule has 2 heterocycles. The zero-order chi connectivity index (χ0) is 22.7. The fourth-order valence-electron chi connectivity index (χ4n) is 3.17. The molecule has 0 spiro atoms. The number of benzene rings is 2. The number of methoxy groups -OCH3 is 1. The predicted molar refractivity (Wildman–Crippen MR) is 130 cm³/mol. The van der Waals surface area contributed by atoms with Crippen molar-refractivity contribution in [3.63, 3.8) is 0 Å². The van der Waals surface area contributed by atoms with Crippen LogP contribution in [0.3, 0.4) is 0 Å². The Bertz CT molecular complexity index is 1350. The summed E-state index contributed by atoms with van der Waals surface area (Å²) in [5, 5.41) is 13.3. The number of anilines is 1. The molecule has 4 aromatic rings. The first-order chi connectivity index (χ1) is 15.5. The maximum absolute atomic E-state index is 13.2. The van der Waals surface area contributed by atoms with Crippen LogP contribution in [0.5, 0.6) is 5.75 Å². The van der Waals surface area contributed by atoms with Crippen molar-refractivity contribution in [1.82, 2.24) is 4.98 Å². The Labute approximate surface area is 197 Å². The fourth-order valence-corrected chi connectivity index (χ4v) is 3.53. The Morgan fingerprint density at radius 3 is 2.56 bits per heavy atom. The normalized spacial score (nSPS) is 11.6. The first-order valence-corrected chi connectivity index (χ1v) is 10.9. The summed E-state index contributed by atoms with van der Waals surface area (Å²) in [4.78, 5) is 22.1. The molecule has 0 aliphatic heterocycles. The van der Waals surface area contributed by atoms with Gasteiger partial charge in [-0.1, -0.05) is 0 Å². The number of nitrogens with one attached hydrogen (secondary N) is 1. The molecule has 0 bridgehead atoms. The number of halogens is 1. The Balaban J connectivity index is 1.89. The van der Waals surface area contributed by atoms with E-state index in [-0.39, 0.29) is 23.6 Å². The maximum atomic E-state index is 13.2. The van der Waals surface area contributed by atoms with Gasteiger partial charge in [-0.15, -0.1) is 0 Å². The largest absolute Gasteiger partial charge is 0.497 e. The lowest BCUT2D eigenvalue weighted by Gasteiger charge is -2.10. The zero-order valence-electron chi connectivity index (χ0n) is 17.4. The number of hydrogen-bond acceptors (Lipinski definition) is 6. The van der Waals surface area contributed by atoms with Crippen molar-refractivity contribution in [3.05, 3.63) is 86.7 Å². The lowest BCUT2D eigenvalue weighted by atomic mass is 10.1. The van der Waals surface area contributed by atoms with Gasteiger partial charge in [0.2, 0.25) is 5.55 Å². The molecule has 8 heteroatoms. The molecular weight excluding hydrogens is 521 g/mol. The minimum absolute atomic E-state index is 0.144. The highest BCUT2D eigenvalue weighted by Gasteiger charge is 2.16. The van der Waals surface area contributed by atoms with Crippen LogP contribution in [-0.4, -0.2) is 23.1 Å². The van der Waals surface area contributed by atoms with Gasteiger partial charge in [0.05, 0.1) is 25.1 Å². The van der Waals surface area contributed by atoms with Crippen molar-refractivity contribution in [3.8, 4) is 5.75 Å². The van der Waals surface area contributed by atoms with E-state index in [9.17, 15) is 9.90 Å². The molecule has 0 fully saturated rings. The van der Waals surface area contributed by atoms with Crippen LogP contribution in [0.2, 0.25) is 0 Å². The highest BCUT2D eigenvalue weighted by atomic mass is 127. The minimum atomic E-state index is -0.373. The number of aliphatic hydroxyl groups excluding tert-OH is 1. The van der Waals surface area contributed by atoms with Gasteiger partial charge in [0, 0.05) is 26.4 Å². The first kappa shape index (κ1) is 22.0. The van der Waals surface area contributed by atoms with Crippen molar-refractivity contribution in [2.45, 2.75) is 13.5 Å². The number of aromatic nitrogens is 1. The highest BCUT2D eigenvalue weighted by molar-refractivity contribution is 14.1. The number of aliphatic hydroxyl groups is 1. The number of carbonyl (C=O) groups excluding carboxylic acids is 1. The van der Waals surface area contributed by atoms with Crippen molar-refractivity contribution < 1.29 is 19.1 Å². The van der Waals surface area contributed by atoms with Crippen molar-refractivity contribution in [2.75, 3.05) is 12.4 Å². The topological polar surface area (TPSA) is 97.0 Å². The summed E-state index contributed by atoms with van der Waals surface area (Å²) < 4.78 is 12.3. The SMILES string of the molecule is COc1ccc(N=c2oc3c(C)ncc(CO)c3cc2C(=O)Nc2ccc(I)cc2)cc1. The molecule has 0 unspecified atom stereocenters. The molecule has 1 amide bonds. The summed E-state index contributed by atoms with van der Waals surface area (Å²) in [5.74, 6) is 0.325. The van der Waals surface area contributed by atoms with E-state index in [2.05, 4.69) is 37.9 Å². The fraction of sp³-hybridized carbons (Fsp3) is 0.125. The molecule has 2 aromatic carbocycles. The second-order valence-corrected chi connectivity index (χ2v) is 8.25. The standard InChI is InChI=1S/C24H20IN3O4/c1-14-22-20(15(13-29)12-26-14)11-21(23(30)27-17-5-3-16(25)4-6-17)24(32-22)28-18-7-9-19(31-2)10-8-18/h3-12,29H,13H2,1-2H3,(H,27,30). The predicted octanol–water partition coefficient (Wildman–Crippen LogP) is 4.73. The van der Waals surface area contributed by atoms with E-state index in [0.717, 1.165) is 3.57 Å². The molecule has 2 N–H and O–H groups in total. The van der Waals surface area contributed by atoms with Gasteiger partial charge in [0.1, 0.15) is 11.3 Å². The number of pyridine rings is 1. The summed E-state index contributed by atoms with van der Waals surface area (Å²) in [5.41, 5.74) is 3.30. The monoisotopic (exact) mass is 541 g/mol. The molecule has 0 saturated carbocycles. The Kier molecular flexibility index (Phi) is 6.52.